The van der Waals surface area contributed by atoms with Crippen LogP contribution in [-0.2, 0) is 6.54 Å². The van der Waals surface area contributed by atoms with Gasteiger partial charge >= 0.3 is 5.97 Å². The predicted molar refractivity (Wildman–Crippen MR) is 96.9 cm³/mol. The lowest BCUT2D eigenvalue weighted by molar-refractivity contribution is 0.0691. The van der Waals surface area contributed by atoms with Gasteiger partial charge in [-0.05, 0) is 23.8 Å². The van der Waals surface area contributed by atoms with Crippen LogP contribution in [0.4, 0.5) is 0 Å². The van der Waals surface area contributed by atoms with E-state index in [0.29, 0.717) is 28.4 Å². The molecule has 0 saturated heterocycles. The molecule has 0 unspecified atom stereocenters. The van der Waals surface area contributed by atoms with Crippen molar-refractivity contribution in [2.45, 2.75) is 6.54 Å². The Morgan fingerprint density at radius 1 is 1.23 bits per heavy atom. The molecule has 1 aromatic carbocycles. The van der Waals surface area contributed by atoms with E-state index in [4.69, 9.17) is 16.3 Å². The number of carboxylic acids is 1. The van der Waals surface area contributed by atoms with Gasteiger partial charge in [-0.2, -0.15) is 5.10 Å². The summed E-state index contributed by atoms with van der Waals surface area (Å²) < 4.78 is 6.70. The summed E-state index contributed by atoms with van der Waals surface area (Å²) >= 11 is 6.01. The van der Waals surface area contributed by atoms with E-state index in [1.165, 1.54) is 7.11 Å². The molecular weight excluding hydrogens is 356 g/mol. The largest absolute Gasteiger partial charge is 0.481 e. The molecular formula is C18H13ClN4O3. The summed E-state index contributed by atoms with van der Waals surface area (Å²) in [5.41, 5.74) is 2.36. The molecule has 0 fully saturated rings. The van der Waals surface area contributed by atoms with Crippen LogP contribution >= 0.6 is 11.6 Å². The molecule has 8 heteroatoms. The van der Waals surface area contributed by atoms with Crippen LogP contribution in [0.5, 0.6) is 5.88 Å². The van der Waals surface area contributed by atoms with Gasteiger partial charge in [0.15, 0.2) is 5.69 Å². The lowest BCUT2D eigenvalue weighted by atomic mass is 10.1. The van der Waals surface area contributed by atoms with Crippen molar-refractivity contribution in [3.8, 4) is 5.88 Å². The van der Waals surface area contributed by atoms with Crippen molar-refractivity contribution >= 4 is 39.4 Å². The molecule has 0 aliphatic heterocycles. The molecule has 0 spiro atoms. The summed E-state index contributed by atoms with van der Waals surface area (Å²) in [6.07, 6.45) is 3.16. The first-order valence-corrected chi connectivity index (χ1v) is 8.11. The molecule has 0 bridgehead atoms. The molecule has 7 nitrogen and oxygen atoms in total. The Labute approximate surface area is 152 Å². The van der Waals surface area contributed by atoms with Crippen LogP contribution in [0.1, 0.15) is 16.1 Å². The third-order valence-electron chi connectivity index (χ3n) is 4.07. The highest BCUT2D eigenvalue weighted by Crippen LogP contribution is 2.24. The third-order valence-corrected chi connectivity index (χ3v) is 4.27. The lowest BCUT2D eigenvalue weighted by Crippen LogP contribution is -2.04. The molecule has 0 atom stereocenters. The fraction of sp³-hybridized carbons (Fsp3) is 0.111. The minimum atomic E-state index is -1.10. The zero-order valence-electron chi connectivity index (χ0n) is 13.7. The van der Waals surface area contributed by atoms with Crippen molar-refractivity contribution in [2.75, 3.05) is 7.11 Å². The van der Waals surface area contributed by atoms with Crippen LogP contribution in [0.2, 0.25) is 5.02 Å². The summed E-state index contributed by atoms with van der Waals surface area (Å²) in [4.78, 5) is 20.0. The number of ether oxygens (including phenoxy) is 1. The number of carboxylic acid groups (broad SMARTS) is 1. The van der Waals surface area contributed by atoms with E-state index >= 15 is 0 Å². The molecule has 3 aromatic heterocycles. The van der Waals surface area contributed by atoms with E-state index in [0.717, 1.165) is 16.5 Å². The van der Waals surface area contributed by atoms with Gasteiger partial charge in [-0.3, -0.25) is 9.67 Å². The zero-order valence-corrected chi connectivity index (χ0v) is 14.4. The SMILES string of the molecule is COc1cc2c(C(=O)O)nn(Cc3ccc4ncc(Cl)cc4c3)c2cn1. The Balaban J connectivity index is 1.80. The van der Waals surface area contributed by atoms with Gasteiger partial charge in [0.1, 0.15) is 0 Å². The average molecular weight is 369 g/mol. The van der Waals surface area contributed by atoms with Crippen LogP contribution in [-0.4, -0.2) is 37.9 Å². The molecule has 1 N–H and O–H groups in total. The van der Waals surface area contributed by atoms with E-state index in [1.54, 1.807) is 23.1 Å². The highest BCUT2D eigenvalue weighted by atomic mass is 35.5. The Morgan fingerprint density at radius 2 is 2.08 bits per heavy atom. The van der Waals surface area contributed by atoms with E-state index in [1.807, 2.05) is 24.3 Å². The number of hydrogen-bond donors (Lipinski definition) is 1. The van der Waals surface area contributed by atoms with Gasteiger partial charge in [-0.15, -0.1) is 0 Å². The Morgan fingerprint density at radius 3 is 2.85 bits per heavy atom. The number of pyridine rings is 2. The molecule has 0 aliphatic rings. The zero-order chi connectivity index (χ0) is 18.3. The summed E-state index contributed by atoms with van der Waals surface area (Å²) in [6, 6.07) is 9.19. The number of halogens is 1. The number of benzene rings is 1. The van der Waals surface area contributed by atoms with Crippen LogP contribution in [0, 0.1) is 0 Å². The van der Waals surface area contributed by atoms with Crippen LogP contribution < -0.4 is 4.74 Å². The normalized spacial score (nSPS) is 11.2. The third kappa shape index (κ3) is 2.82. The summed E-state index contributed by atoms with van der Waals surface area (Å²) in [5, 5.41) is 15.6. The number of carbonyl (C=O) groups is 1. The summed E-state index contributed by atoms with van der Waals surface area (Å²) in [6.45, 7) is 0.389. The van der Waals surface area contributed by atoms with Gasteiger partial charge in [0, 0.05) is 23.0 Å². The number of nitrogens with zero attached hydrogens (tertiary/aromatic N) is 4. The lowest BCUT2D eigenvalue weighted by Gasteiger charge is -2.06. The molecule has 3 heterocycles. The van der Waals surface area contributed by atoms with Crippen molar-refractivity contribution in [2.24, 2.45) is 0 Å². The van der Waals surface area contributed by atoms with Gasteiger partial charge in [0.2, 0.25) is 5.88 Å². The van der Waals surface area contributed by atoms with Crippen molar-refractivity contribution in [3.63, 3.8) is 0 Å². The van der Waals surface area contributed by atoms with Crippen LogP contribution in [0.15, 0.2) is 42.7 Å². The smallest absolute Gasteiger partial charge is 0.357 e. The summed E-state index contributed by atoms with van der Waals surface area (Å²) in [7, 11) is 1.48. The molecule has 4 rings (SSSR count). The highest BCUT2D eigenvalue weighted by Gasteiger charge is 2.18. The Bertz CT molecular complexity index is 1160. The number of aromatic carboxylic acids is 1. The molecule has 26 heavy (non-hydrogen) atoms. The maximum Gasteiger partial charge on any atom is 0.357 e. The fourth-order valence-electron chi connectivity index (χ4n) is 2.87. The maximum absolute atomic E-state index is 11.5. The number of aromatic nitrogens is 4. The molecule has 0 saturated carbocycles. The van der Waals surface area contributed by atoms with Crippen LogP contribution in [0.25, 0.3) is 21.8 Å². The minimum absolute atomic E-state index is 0.0359. The van der Waals surface area contributed by atoms with Gasteiger partial charge < -0.3 is 9.84 Å². The van der Waals surface area contributed by atoms with Gasteiger partial charge in [-0.25, -0.2) is 9.78 Å². The van der Waals surface area contributed by atoms with Crippen molar-refractivity contribution in [1.29, 1.82) is 0 Å². The first-order valence-electron chi connectivity index (χ1n) is 7.73. The molecule has 0 radical (unpaired) electrons. The Hall–Kier alpha value is -3.19. The average Bonchev–Trinajstić information content (AvgIpc) is 2.99. The molecule has 0 aliphatic carbocycles. The number of rotatable bonds is 4. The van der Waals surface area contributed by atoms with E-state index < -0.39 is 5.97 Å². The number of methoxy groups -OCH3 is 1. The molecule has 0 amide bonds. The second-order valence-corrected chi connectivity index (χ2v) is 6.17. The number of fused-ring (bicyclic) bond motifs is 2. The maximum atomic E-state index is 11.5. The van der Waals surface area contributed by atoms with Gasteiger partial charge in [0.25, 0.3) is 0 Å². The summed E-state index contributed by atoms with van der Waals surface area (Å²) in [5.74, 6) is -0.762. The predicted octanol–water partition coefficient (Wildman–Crippen LogP) is 3.39. The minimum Gasteiger partial charge on any atom is -0.481 e. The van der Waals surface area contributed by atoms with Gasteiger partial charge in [0.05, 0.1) is 35.9 Å². The molecule has 130 valence electrons. The topological polar surface area (TPSA) is 90.1 Å². The first kappa shape index (κ1) is 16.3. The van der Waals surface area contributed by atoms with E-state index in [-0.39, 0.29) is 5.69 Å². The molecule has 4 aromatic rings. The highest BCUT2D eigenvalue weighted by molar-refractivity contribution is 6.31. The fourth-order valence-corrected chi connectivity index (χ4v) is 3.03. The van der Waals surface area contributed by atoms with E-state index in [9.17, 15) is 9.90 Å². The van der Waals surface area contributed by atoms with Crippen molar-refractivity contribution < 1.29 is 14.6 Å². The quantitative estimate of drug-likeness (QED) is 0.593. The standard InChI is InChI=1S/C18H13ClN4O3/c1-26-16-6-13-15(8-21-16)23(22-17(13)18(24)25)9-10-2-3-14-11(4-10)5-12(19)7-20-14/h2-8H,9H2,1H3,(H,24,25). The number of hydrogen-bond acceptors (Lipinski definition) is 5. The second-order valence-electron chi connectivity index (χ2n) is 5.74. The van der Waals surface area contributed by atoms with E-state index in [2.05, 4.69) is 15.1 Å². The van der Waals surface area contributed by atoms with Crippen LogP contribution in [0.3, 0.4) is 0 Å². The Kier molecular flexibility index (Phi) is 3.93. The first-order chi connectivity index (χ1) is 12.5. The second kappa shape index (κ2) is 6.27. The van der Waals surface area contributed by atoms with Crippen molar-refractivity contribution in [3.05, 3.63) is 59.0 Å². The van der Waals surface area contributed by atoms with Crippen molar-refractivity contribution in [1.82, 2.24) is 19.7 Å². The van der Waals surface area contributed by atoms with Gasteiger partial charge in [-0.1, -0.05) is 17.7 Å². The monoisotopic (exact) mass is 368 g/mol.